The SMILES string of the molecule is Cc1nc(C(=O)Nc2cc(-c3cc4ccccc4o3)cc3[nH]ncc23)cs1. The normalized spacial score (nSPS) is 11.3. The standard InChI is InChI=1S/C20H14N4O2S/c1-11-22-17(10-27-11)20(25)23-15-6-13(7-16-14(15)9-21-24-16)19-8-12-4-2-3-5-18(12)26-19/h2-10H,1H3,(H,21,24)(H,23,25). The number of thiazole rings is 1. The minimum Gasteiger partial charge on any atom is -0.456 e. The van der Waals surface area contributed by atoms with Crippen molar-refractivity contribution in [2.75, 3.05) is 5.32 Å². The van der Waals surface area contributed by atoms with Crippen molar-refractivity contribution in [3.8, 4) is 11.3 Å². The third kappa shape index (κ3) is 2.78. The third-order valence-electron chi connectivity index (χ3n) is 4.37. The number of anilines is 1. The average molecular weight is 374 g/mol. The molecule has 0 radical (unpaired) electrons. The summed E-state index contributed by atoms with van der Waals surface area (Å²) < 4.78 is 5.97. The van der Waals surface area contributed by atoms with E-state index in [9.17, 15) is 4.79 Å². The van der Waals surface area contributed by atoms with Crippen LogP contribution in [0.2, 0.25) is 0 Å². The first-order valence-corrected chi connectivity index (χ1v) is 9.25. The van der Waals surface area contributed by atoms with E-state index in [1.807, 2.05) is 49.4 Å². The molecule has 0 bridgehead atoms. The Balaban J connectivity index is 1.59. The number of nitrogens with zero attached hydrogens (tertiary/aromatic N) is 2. The van der Waals surface area contributed by atoms with Crippen LogP contribution in [-0.2, 0) is 0 Å². The zero-order valence-electron chi connectivity index (χ0n) is 14.3. The molecule has 132 valence electrons. The minimum absolute atomic E-state index is 0.247. The Hall–Kier alpha value is -3.45. The van der Waals surface area contributed by atoms with Gasteiger partial charge in [0.1, 0.15) is 17.0 Å². The molecule has 1 amide bonds. The van der Waals surface area contributed by atoms with Gasteiger partial charge in [-0.25, -0.2) is 4.98 Å². The predicted octanol–water partition coefficient (Wildman–Crippen LogP) is 4.99. The van der Waals surface area contributed by atoms with Crippen molar-refractivity contribution in [2.24, 2.45) is 0 Å². The number of aryl methyl sites for hydroxylation is 1. The van der Waals surface area contributed by atoms with Crippen molar-refractivity contribution in [3.63, 3.8) is 0 Å². The number of H-pyrrole nitrogens is 1. The lowest BCUT2D eigenvalue weighted by atomic mass is 10.1. The molecule has 0 saturated carbocycles. The van der Waals surface area contributed by atoms with Gasteiger partial charge in [-0.2, -0.15) is 5.10 Å². The van der Waals surface area contributed by atoms with E-state index < -0.39 is 0 Å². The molecule has 0 aliphatic heterocycles. The second-order valence-electron chi connectivity index (χ2n) is 6.21. The van der Waals surface area contributed by atoms with Gasteiger partial charge in [-0.3, -0.25) is 9.89 Å². The van der Waals surface area contributed by atoms with Gasteiger partial charge in [-0.05, 0) is 31.2 Å². The maximum atomic E-state index is 12.6. The quantitative estimate of drug-likeness (QED) is 0.466. The number of hydrogen-bond donors (Lipinski definition) is 2. The highest BCUT2D eigenvalue weighted by Crippen LogP contribution is 2.33. The molecular weight excluding hydrogens is 360 g/mol. The summed E-state index contributed by atoms with van der Waals surface area (Å²) in [6.45, 7) is 1.87. The van der Waals surface area contributed by atoms with Crippen LogP contribution in [0.15, 0.2) is 58.5 Å². The number of carbonyl (C=O) groups excluding carboxylic acids is 1. The number of furan rings is 1. The maximum absolute atomic E-state index is 12.6. The van der Waals surface area contributed by atoms with E-state index in [4.69, 9.17) is 4.42 Å². The van der Waals surface area contributed by atoms with Crippen LogP contribution in [0.25, 0.3) is 33.2 Å². The van der Waals surface area contributed by atoms with E-state index in [1.165, 1.54) is 11.3 Å². The lowest BCUT2D eigenvalue weighted by molar-refractivity contribution is 0.102. The molecule has 0 aliphatic carbocycles. The molecule has 0 atom stereocenters. The Morgan fingerprint density at radius 3 is 2.93 bits per heavy atom. The highest BCUT2D eigenvalue weighted by atomic mass is 32.1. The van der Waals surface area contributed by atoms with Crippen LogP contribution in [0.4, 0.5) is 5.69 Å². The molecule has 0 fully saturated rings. The molecule has 6 nitrogen and oxygen atoms in total. The molecule has 7 heteroatoms. The van der Waals surface area contributed by atoms with Gasteiger partial charge in [-0.1, -0.05) is 18.2 Å². The van der Waals surface area contributed by atoms with Gasteiger partial charge in [0.05, 0.1) is 22.4 Å². The number of aromatic amines is 1. The maximum Gasteiger partial charge on any atom is 0.275 e. The first kappa shape index (κ1) is 15.8. The number of hydrogen-bond acceptors (Lipinski definition) is 5. The summed E-state index contributed by atoms with van der Waals surface area (Å²) >= 11 is 1.45. The third-order valence-corrected chi connectivity index (χ3v) is 5.14. The Labute approximate surface area is 157 Å². The van der Waals surface area contributed by atoms with E-state index >= 15 is 0 Å². The number of rotatable bonds is 3. The fourth-order valence-electron chi connectivity index (χ4n) is 3.08. The monoisotopic (exact) mass is 374 g/mol. The smallest absolute Gasteiger partial charge is 0.275 e. The van der Waals surface area contributed by atoms with Gasteiger partial charge in [0.15, 0.2) is 0 Å². The second-order valence-corrected chi connectivity index (χ2v) is 7.27. The molecule has 0 aliphatic rings. The van der Waals surface area contributed by atoms with Crippen LogP contribution in [-0.4, -0.2) is 21.1 Å². The van der Waals surface area contributed by atoms with Gasteiger partial charge >= 0.3 is 0 Å². The summed E-state index contributed by atoms with van der Waals surface area (Å²) in [6.07, 6.45) is 1.69. The molecule has 0 saturated heterocycles. The Morgan fingerprint density at radius 1 is 1.22 bits per heavy atom. The summed E-state index contributed by atoms with van der Waals surface area (Å²) in [5.41, 5.74) is 3.56. The van der Waals surface area contributed by atoms with Crippen molar-refractivity contribution < 1.29 is 9.21 Å². The van der Waals surface area contributed by atoms with Gasteiger partial charge < -0.3 is 9.73 Å². The average Bonchev–Trinajstić information content (AvgIpc) is 3.39. The topological polar surface area (TPSA) is 83.8 Å². The highest BCUT2D eigenvalue weighted by molar-refractivity contribution is 7.09. The van der Waals surface area contributed by atoms with Crippen LogP contribution >= 0.6 is 11.3 Å². The molecule has 3 heterocycles. The summed E-state index contributed by atoms with van der Waals surface area (Å²) in [5, 5.41) is 14.5. The predicted molar refractivity (Wildman–Crippen MR) is 106 cm³/mol. The molecular formula is C20H14N4O2S. The van der Waals surface area contributed by atoms with E-state index in [0.29, 0.717) is 11.4 Å². The lowest BCUT2D eigenvalue weighted by Crippen LogP contribution is -2.12. The second kappa shape index (κ2) is 6.07. The molecule has 5 rings (SSSR count). The number of para-hydroxylation sites is 1. The van der Waals surface area contributed by atoms with E-state index in [0.717, 1.165) is 38.2 Å². The fraction of sp³-hybridized carbons (Fsp3) is 0.0500. The van der Waals surface area contributed by atoms with Gasteiger partial charge in [-0.15, -0.1) is 11.3 Å². The summed E-state index contributed by atoms with van der Waals surface area (Å²) in [6, 6.07) is 13.7. The Bertz CT molecular complexity index is 1260. The zero-order chi connectivity index (χ0) is 18.4. The van der Waals surface area contributed by atoms with Crippen molar-refractivity contribution in [2.45, 2.75) is 6.92 Å². The number of amides is 1. The van der Waals surface area contributed by atoms with Crippen LogP contribution in [0, 0.1) is 6.92 Å². The van der Waals surface area contributed by atoms with Crippen molar-refractivity contribution in [3.05, 3.63) is 64.7 Å². The first-order chi connectivity index (χ1) is 13.2. The van der Waals surface area contributed by atoms with Crippen molar-refractivity contribution in [1.82, 2.24) is 15.2 Å². The molecule has 3 aromatic heterocycles. The lowest BCUT2D eigenvalue weighted by Gasteiger charge is -2.07. The molecule has 27 heavy (non-hydrogen) atoms. The van der Waals surface area contributed by atoms with Gasteiger partial charge in [0, 0.05) is 21.7 Å². The summed E-state index contributed by atoms with van der Waals surface area (Å²) in [4.78, 5) is 16.8. The number of carbonyl (C=O) groups is 1. The first-order valence-electron chi connectivity index (χ1n) is 8.37. The summed E-state index contributed by atoms with van der Waals surface area (Å²) in [5.74, 6) is 0.483. The van der Waals surface area contributed by atoms with E-state index in [2.05, 4.69) is 20.5 Å². The Morgan fingerprint density at radius 2 is 2.11 bits per heavy atom. The van der Waals surface area contributed by atoms with Gasteiger partial charge in [0.2, 0.25) is 0 Å². The van der Waals surface area contributed by atoms with Crippen LogP contribution in [0.1, 0.15) is 15.5 Å². The van der Waals surface area contributed by atoms with Gasteiger partial charge in [0.25, 0.3) is 5.91 Å². The fourth-order valence-corrected chi connectivity index (χ4v) is 3.67. The number of nitrogens with one attached hydrogen (secondary N) is 2. The minimum atomic E-state index is -0.247. The van der Waals surface area contributed by atoms with Crippen molar-refractivity contribution in [1.29, 1.82) is 0 Å². The highest BCUT2D eigenvalue weighted by Gasteiger charge is 2.15. The van der Waals surface area contributed by atoms with Crippen LogP contribution < -0.4 is 5.32 Å². The number of aromatic nitrogens is 3. The molecule has 0 spiro atoms. The van der Waals surface area contributed by atoms with Crippen LogP contribution in [0.5, 0.6) is 0 Å². The molecule has 5 aromatic rings. The van der Waals surface area contributed by atoms with Crippen LogP contribution in [0.3, 0.4) is 0 Å². The number of benzene rings is 2. The van der Waals surface area contributed by atoms with E-state index in [-0.39, 0.29) is 5.91 Å². The number of fused-ring (bicyclic) bond motifs is 2. The Kier molecular flexibility index (Phi) is 3.54. The van der Waals surface area contributed by atoms with Crippen molar-refractivity contribution >= 4 is 44.8 Å². The largest absolute Gasteiger partial charge is 0.456 e. The molecule has 2 N–H and O–H groups in total. The molecule has 0 unspecified atom stereocenters. The van der Waals surface area contributed by atoms with E-state index in [1.54, 1.807) is 11.6 Å². The molecule has 2 aromatic carbocycles. The zero-order valence-corrected chi connectivity index (χ0v) is 15.1. The summed E-state index contributed by atoms with van der Waals surface area (Å²) in [7, 11) is 0.